The molecule has 1 aliphatic heterocycles. The topological polar surface area (TPSA) is 36.0 Å². The molecule has 3 rings (SSSR count). The predicted molar refractivity (Wildman–Crippen MR) is 134 cm³/mol. The molecule has 0 aromatic heterocycles. The molecule has 2 amide bonds. The van der Waals surface area contributed by atoms with Crippen molar-refractivity contribution < 1.29 is 9.22 Å². The third-order valence-electron chi connectivity index (χ3n) is 6.79. The number of carbonyl (C=O) groups is 1. The van der Waals surface area contributed by atoms with Gasteiger partial charge in [0.1, 0.15) is 0 Å². The molecule has 5 nitrogen and oxygen atoms in total. The SMILES string of the molecule is C[C@@H](CO[Si](C)(C)C(C)(C)C)N1CN(Cc2ccccc2)C(=O)N(Cc2ccccc2)C1. The van der Waals surface area contributed by atoms with Gasteiger partial charge in [-0.2, -0.15) is 0 Å². The van der Waals surface area contributed by atoms with E-state index in [-0.39, 0.29) is 17.1 Å². The van der Waals surface area contributed by atoms with Crippen molar-refractivity contribution in [2.75, 3.05) is 19.9 Å². The Hall–Kier alpha value is -2.15. The van der Waals surface area contributed by atoms with Crippen molar-refractivity contribution in [2.45, 2.75) is 65.0 Å². The van der Waals surface area contributed by atoms with E-state index in [1.165, 1.54) is 0 Å². The first-order valence-electron chi connectivity index (χ1n) is 11.6. The molecule has 2 aromatic rings. The monoisotopic (exact) mass is 453 g/mol. The first-order chi connectivity index (χ1) is 15.1. The Bertz CT molecular complexity index is 814. The second-order valence-corrected chi connectivity index (χ2v) is 15.3. The van der Waals surface area contributed by atoms with Crippen LogP contribution in [-0.2, 0) is 17.5 Å². The standard InChI is InChI=1S/C26H39N3O2Si/c1-22(19-31-32(5,6)26(2,3)4)29-20-27(17-23-13-9-7-10-14-23)25(30)28(21-29)18-24-15-11-8-12-16-24/h7-16,22H,17-21H2,1-6H3/t22-/m0/s1. The van der Waals surface area contributed by atoms with Crippen LogP contribution < -0.4 is 0 Å². The summed E-state index contributed by atoms with van der Waals surface area (Å²) in [6.45, 7) is 16.7. The first-order valence-corrected chi connectivity index (χ1v) is 14.5. The number of amides is 2. The Kier molecular flexibility index (Phi) is 7.80. The Balaban J connectivity index is 1.74. The summed E-state index contributed by atoms with van der Waals surface area (Å²) in [6, 6.07) is 20.8. The molecule has 0 N–H and O–H groups in total. The van der Waals surface area contributed by atoms with Crippen LogP contribution in [0.4, 0.5) is 4.79 Å². The molecule has 1 atom stereocenters. The summed E-state index contributed by atoms with van der Waals surface area (Å²) in [5.74, 6) is 0. The van der Waals surface area contributed by atoms with Gasteiger partial charge in [-0.3, -0.25) is 4.90 Å². The van der Waals surface area contributed by atoms with Gasteiger partial charge in [0.05, 0.1) is 13.3 Å². The summed E-state index contributed by atoms with van der Waals surface area (Å²) in [6.07, 6.45) is 0. The third-order valence-corrected chi connectivity index (χ3v) is 11.3. The molecule has 1 fully saturated rings. The Labute approximate surface area is 195 Å². The Morgan fingerprint density at radius 3 is 1.72 bits per heavy atom. The van der Waals surface area contributed by atoms with Gasteiger partial charge < -0.3 is 14.2 Å². The largest absolute Gasteiger partial charge is 0.415 e. The van der Waals surface area contributed by atoms with E-state index in [0.717, 1.165) is 11.1 Å². The molecule has 1 heterocycles. The fraction of sp³-hybridized carbons (Fsp3) is 0.500. The Morgan fingerprint density at radius 1 is 0.875 bits per heavy atom. The molecule has 0 aliphatic carbocycles. The van der Waals surface area contributed by atoms with Gasteiger partial charge in [-0.25, -0.2) is 4.79 Å². The fourth-order valence-electron chi connectivity index (χ4n) is 3.58. The van der Waals surface area contributed by atoms with Crippen LogP contribution in [0, 0.1) is 0 Å². The van der Waals surface area contributed by atoms with Crippen molar-refractivity contribution in [3.05, 3.63) is 71.8 Å². The lowest BCUT2D eigenvalue weighted by Gasteiger charge is -2.45. The van der Waals surface area contributed by atoms with Crippen molar-refractivity contribution >= 4 is 14.3 Å². The predicted octanol–water partition coefficient (Wildman–Crippen LogP) is 5.75. The molecule has 0 saturated carbocycles. The van der Waals surface area contributed by atoms with Crippen molar-refractivity contribution in [1.29, 1.82) is 0 Å². The third kappa shape index (κ3) is 6.21. The molecule has 0 radical (unpaired) electrons. The molecule has 1 aliphatic rings. The average Bonchev–Trinajstić information content (AvgIpc) is 2.75. The van der Waals surface area contributed by atoms with Crippen LogP contribution in [0.3, 0.4) is 0 Å². The van der Waals surface area contributed by atoms with Gasteiger partial charge in [0.15, 0.2) is 8.32 Å². The van der Waals surface area contributed by atoms with Gasteiger partial charge in [0.2, 0.25) is 0 Å². The maximum Gasteiger partial charge on any atom is 0.322 e. The summed E-state index contributed by atoms with van der Waals surface area (Å²) >= 11 is 0. The minimum Gasteiger partial charge on any atom is -0.415 e. The molecular formula is C26H39N3O2Si. The number of benzene rings is 2. The average molecular weight is 454 g/mol. The van der Waals surface area contributed by atoms with Crippen molar-refractivity contribution in [2.24, 2.45) is 0 Å². The fourth-order valence-corrected chi connectivity index (χ4v) is 4.67. The number of hydrogen-bond acceptors (Lipinski definition) is 3. The van der Waals surface area contributed by atoms with Crippen molar-refractivity contribution in [3.63, 3.8) is 0 Å². The summed E-state index contributed by atoms with van der Waals surface area (Å²) in [5, 5.41) is 0.184. The second-order valence-electron chi connectivity index (χ2n) is 10.4. The second kappa shape index (κ2) is 10.2. The maximum absolute atomic E-state index is 13.4. The lowest BCUT2D eigenvalue weighted by molar-refractivity contribution is -0.00527. The van der Waals surface area contributed by atoms with Crippen molar-refractivity contribution in [1.82, 2.24) is 14.7 Å². The van der Waals surface area contributed by atoms with E-state index in [1.807, 2.05) is 46.2 Å². The van der Waals surface area contributed by atoms with Crippen LogP contribution in [0.2, 0.25) is 18.1 Å². The highest BCUT2D eigenvalue weighted by Crippen LogP contribution is 2.36. The van der Waals surface area contributed by atoms with Crippen LogP contribution in [0.5, 0.6) is 0 Å². The molecule has 1 saturated heterocycles. The molecule has 174 valence electrons. The lowest BCUT2D eigenvalue weighted by atomic mass is 10.2. The Morgan fingerprint density at radius 2 is 1.31 bits per heavy atom. The summed E-state index contributed by atoms with van der Waals surface area (Å²) in [7, 11) is -1.82. The maximum atomic E-state index is 13.4. The van der Waals surface area contributed by atoms with Gasteiger partial charge in [0, 0.05) is 25.7 Å². The van der Waals surface area contributed by atoms with Gasteiger partial charge in [0.25, 0.3) is 0 Å². The normalized spacial score (nSPS) is 17.0. The molecule has 2 aromatic carbocycles. The smallest absolute Gasteiger partial charge is 0.322 e. The van der Waals surface area contributed by atoms with E-state index < -0.39 is 8.32 Å². The van der Waals surface area contributed by atoms with E-state index in [4.69, 9.17) is 4.43 Å². The highest BCUT2D eigenvalue weighted by atomic mass is 28.4. The van der Waals surface area contributed by atoms with E-state index in [0.29, 0.717) is 33.0 Å². The van der Waals surface area contributed by atoms with Crippen molar-refractivity contribution in [3.8, 4) is 0 Å². The van der Waals surface area contributed by atoms with E-state index in [2.05, 4.69) is 70.0 Å². The zero-order valence-electron chi connectivity index (χ0n) is 20.5. The molecule has 0 bridgehead atoms. The number of nitrogens with zero attached hydrogens (tertiary/aromatic N) is 3. The number of rotatable bonds is 8. The molecule has 6 heteroatoms. The molecule has 0 spiro atoms. The van der Waals surface area contributed by atoms with Gasteiger partial charge in [-0.15, -0.1) is 0 Å². The highest BCUT2D eigenvalue weighted by molar-refractivity contribution is 6.74. The van der Waals surface area contributed by atoms with Crippen LogP contribution >= 0.6 is 0 Å². The molecule has 32 heavy (non-hydrogen) atoms. The number of hydrogen-bond donors (Lipinski definition) is 0. The highest BCUT2D eigenvalue weighted by Gasteiger charge is 2.38. The van der Waals surface area contributed by atoms with Gasteiger partial charge >= 0.3 is 6.03 Å². The van der Waals surface area contributed by atoms with Crippen LogP contribution in [0.15, 0.2) is 60.7 Å². The summed E-state index contributed by atoms with van der Waals surface area (Å²) in [4.78, 5) is 19.6. The number of urea groups is 1. The molecular weight excluding hydrogens is 414 g/mol. The number of carbonyl (C=O) groups excluding carboxylic acids is 1. The zero-order chi connectivity index (χ0) is 23.4. The zero-order valence-corrected chi connectivity index (χ0v) is 21.5. The van der Waals surface area contributed by atoms with Gasteiger partial charge in [-0.05, 0) is 36.2 Å². The first kappa shape index (κ1) is 24.5. The minimum atomic E-state index is -1.82. The summed E-state index contributed by atoms with van der Waals surface area (Å²) in [5.41, 5.74) is 2.29. The summed E-state index contributed by atoms with van der Waals surface area (Å²) < 4.78 is 6.52. The van der Waals surface area contributed by atoms with Crippen LogP contribution in [-0.4, -0.2) is 55.0 Å². The quantitative estimate of drug-likeness (QED) is 0.477. The van der Waals surface area contributed by atoms with E-state index in [1.54, 1.807) is 0 Å². The van der Waals surface area contributed by atoms with Crippen LogP contribution in [0.25, 0.3) is 0 Å². The molecule has 0 unspecified atom stereocenters. The minimum absolute atomic E-state index is 0.0893. The lowest BCUT2D eigenvalue weighted by Crippen LogP contribution is -2.60. The van der Waals surface area contributed by atoms with E-state index in [9.17, 15) is 4.79 Å². The van der Waals surface area contributed by atoms with E-state index >= 15 is 0 Å². The van der Waals surface area contributed by atoms with Gasteiger partial charge in [-0.1, -0.05) is 81.4 Å². The van der Waals surface area contributed by atoms with Crippen LogP contribution in [0.1, 0.15) is 38.8 Å².